The predicted octanol–water partition coefficient (Wildman–Crippen LogP) is 3.78. The van der Waals surface area contributed by atoms with Crippen molar-refractivity contribution in [3.05, 3.63) is 65.2 Å². The molecule has 0 unspecified atom stereocenters. The molecule has 1 fully saturated rings. The van der Waals surface area contributed by atoms with E-state index in [0.717, 1.165) is 43.8 Å². The molecule has 0 aromatic heterocycles. The molecule has 2 amide bonds. The molecule has 0 saturated carbocycles. The van der Waals surface area contributed by atoms with E-state index in [1.54, 1.807) is 30.3 Å². The molecule has 3 N–H and O–H groups in total. The number of anilines is 1. The summed E-state index contributed by atoms with van der Waals surface area (Å²) in [4.78, 5) is 41.0. The van der Waals surface area contributed by atoms with E-state index in [-0.39, 0.29) is 28.0 Å². The van der Waals surface area contributed by atoms with Crippen LogP contribution in [0.15, 0.2) is 48.5 Å². The molecule has 0 spiro atoms. The van der Waals surface area contributed by atoms with Crippen LogP contribution in [0.4, 0.5) is 5.69 Å². The molecule has 39 heavy (non-hydrogen) atoms. The van der Waals surface area contributed by atoms with Gasteiger partial charge in [0.1, 0.15) is 12.4 Å². The van der Waals surface area contributed by atoms with Gasteiger partial charge in [0.05, 0.1) is 31.6 Å². The molecule has 1 aliphatic rings. The molecule has 206 valence electrons. The highest BCUT2D eigenvalue weighted by atomic mass is 16.5. The Morgan fingerprint density at radius 3 is 2.33 bits per heavy atom. The first-order chi connectivity index (χ1) is 18.6. The number of hydrogen-bond acceptors (Lipinski definition) is 7. The minimum absolute atomic E-state index is 0.102. The average molecular weight is 534 g/mol. The van der Waals surface area contributed by atoms with Crippen LogP contribution in [0.2, 0.25) is 0 Å². The first-order valence-corrected chi connectivity index (χ1v) is 12.9. The van der Waals surface area contributed by atoms with Crippen molar-refractivity contribution >= 4 is 34.1 Å². The van der Waals surface area contributed by atoms with Gasteiger partial charge in [0.25, 0.3) is 17.6 Å². The average Bonchev–Trinajstić information content (AvgIpc) is 2.92. The highest BCUT2D eigenvalue weighted by Crippen LogP contribution is 2.36. The number of primary amides is 1. The van der Waals surface area contributed by atoms with E-state index in [9.17, 15) is 14.4 Å². The van der Waals surface area contributed by atoms with Crippen LogP contribution in [0.3, 0.4) is 0 Å². The summed E-state index contributed by atoms with van der Waals surface area (Å²) in [5.74, 6) is -1.54. The Morgan fingerprint density at radius 2 is 1.69 bits per heavy atom. The van der Waals surface area contributed by atoms with Crippen molar-refractivity contribution in [1.82, 2.24) is 4.90 Å². The van der Waals surface area contributed by atoms with E-state index in [2.05, 4.69) is 10.2 Å². The van der Waals surface area contributed by atoms with E-state index in [1.165, 1.54) is 7.11 Å². The predicted molar refractivity (Wildman–Crippen MR) is 150 cm³/mol. The maximum atomic E-state index is 13.4. The number of methoxy groups -OCH3 is 1. The number of fused-ring (bicyclic) bond motifs is 1. The van der Waals surface area contributed by atoms with Gasteiger partial charge in [-0.2, -0.15) is 0 Å². The van der Waals surface area contributed by atoms with Gasteiger partial charge in [-0.05, 0) is 40.6 Å². The summed E-state index contributed by atoms with van der Waals surface area (Å²) >= 11 is 0. The van der Waals surface area contributed by atoms with Crippen molar-refractivity contribution in [1.29, 1.82) is 0 Å². The Labute approximate surface area is 228 Å². The summed E-state index contributed by atoms with van der Waals surface area (Å²) in [6.07, 6.45) is 0. The van der Waals surface area contributed by atoms with Gasteiger partial charge in [0.2, 0.25) is 0 Å². The van der Waals surface area contributed by atoms with Crippen LogP contribution in [-0.4, -0.2) is 69.1 Å². The number of ether oxygens (including phenoxy) is 3. The third kappa shape index (κ3) is 6.38. The summed E-state index contributed by atoms with van der Waals surface area (Å²) in [5.41, 5.74) is 6.55. The van der Waals surface area contributed by atoms with Gasteiger partial charge in [0.15, 0.2) is 5.75 Å². The fourth-order valence-electron chi connectivity index (χ4n) is 4.56. The summed E-state index contributed by atoms with van der Waals surface area (Å²) in [5, 5.41) is 3.99. The number of ketones is 1. The third-order valence-corrected chi connectivity index (χ3v) is 6.78. The van der Waals surface area contributed by atoms with E-state index >= 15 is 0 Å². The summed E-state index contributed by atoms with van der Waals surface area (Å²) in [6.45, 7) is 10.3. The lowest BCUT2D eigenvalue weighted by Crippen LogP contribution is -2.38. The van der Waals surface area contributed by atoms with Gasteiger partial charge < -0.3 is 25.3 Å². The number of carbonyl (C=O) groups is 3. The number of morpholine rings is 1. The van der Waals surface area contributed by atoms with Crippen molar-refractivity contribution < 1.29 is 28.6 Å². The number of carbonyl (C=O) groups excluding carboxylic acids is 3. The lowest BCUT2D eigenvalue weighted by molar-refractivity contribution is -0.112. The number of nitrogens with two attached hydrogens (primary N) is 1. The Kier molecular flexibility index (Phi) is 8.52. The Bertz CT molecular complexity index is 1390. The zero-order valence-electron chi connectivity index (χ0n) is 22.8. The SMILES string of the molecule is COc1c(NC(=O)C(=O)c2ccc(OCCN3CCOCC3)c3ccccc23)cc(C(C)(C)C)cc1C(N)=O. The molecule has 4 rings (SSSR count). The van der Waals surface area contributed by atoms with Gasteiger partial charge in [-0.1, -0.05) is 45.0 Å². The van der Waals surface area contributed by atoms with E-state index < -0.39 is 17.6 Å². The van der Waals surface area contributed by atoms with E-state index in [0.29, 0.717) is 17.7 Å². The first-order valence-electron chi connectivity index (χ1n) is 12.9. The van der Waals surface area contributed by atoms with Crippen LogP contribution in [0, 0.1) is 0 Å². The summed E-state index contributed by atoms with van der Waals surface area (Å²) < 4.78 is 16.9. The summed E-state index contributed by atoms with van der Waals surface area (Å²) in [7, 11) is 1.38. The zero-order chi connectivity index (χ0) is 28.2. The molecule has 1 aliphatic heterocycles. The molecule has 0 bridgehead atoms. The highest BCUT2D eigenvalue weighted by molar-refractivity contribution is 6.48. The van der Waals surface area contributed by atoms with Gasteiger partial charge in [0, 0.05) is 30.6 Å². The molecule has 9 heteroatoms. The number of benzene rings is 3. The minimum atomic E-state index is -0.860. The molecular formula is C30H35N3O6. The number of rotatable bonds is 9. The molecule has 0 atom stereocenters. The first kappa shape index (κ1) is 28.1. The highest BCUT2D eigenvalue weighted by Gasteiger charge is 2.26. The van der Waals surface area contributed by atoms with Gasteiger partial charge in [-0.3, -0.25) is 19.3 Å². The standard InChI is InChI=1S/C30H35N3O6/c1-30(2,3)19-17-23(28(31)35)27(37-4)24(18-19)32-29(36)26(34)22-9-10-25(21-8-6-5-7-20(21)22)39-16-13-33-11-14-38-15-12-33/h5-10,17-18H,11-16H2,1-4H3,(H2,31,35)(H,32,36). The maximum absolute atomic E-state index is 13.4. The van der Waals surface area contributed by atoms with Crippen molar-refractivity contribution in [3.8, 4) is 11.5 Å². The lowest BCUT2D eigenvalue weighted by atomic mass is 9.85. The normalized spacial score (nSPS) is 14.2. The third-order valence-electron chi connectivity index (χ3n) is 6.78. The smallest absolute Gasteiger partial charge is 0.296 e. The van der Waals surface area contributed by atoms with Crippen LogP contribution >= 0.6 is 0 Å². The maximum Gasteiger partial charge on any atom is 0.296 e. The molecule has 0 aliphatic carbocycles. The van der Waals surface area contributed by atoms with Crippen LogP contribution in [0.1, 0.15) is 47.1 Å². The van der Waals surface area contributed by atoms with Crippen molar-refractivity contribution in [2.45, 2.75) is 26.2 Å². The lowest BCUT2D eigenvalue weighted by Gasteiger charge is -2.26. The molecule has 1 saturated heterocycles. The fraction of sp³-hybridized carbons (Fsp3) is 0.367. The summed E-state index contributed by atoms with van der Waals surface area (Å²) in [6, 6.07) is 14.0. The molecule has 3 aromatic carbocycles. The fourth-order valence-corrected chi connectivity index (χ4v) is 4.56. The van der Waals surface area contributed by atoms with Gasteiger partial charge in [-0.15, -0.1) is 0 Å². The molecular weight excluding hydrogens is 498 g/mol. The largest absolute Gasteiger partial charge is 0.494 e. The van der Waals surface area contributed by atoms with E-state index in [4.69, 9.17) is 19.9 Å². The van der Waals surface area contributed by atoms with Gasteiger partial charge >= 0.3 is 0 Å². The van der Waals surface area contributed by atoms with Crippen molar-refractivity contribution in [3.63, 3.8) is 0 Å². The zero-order valence-corrected chi connectivity index (χ0v) is 22.8. The number of nitrogens with one attached hydrogen (secondary N) is 1. The Morgan fingerprint density at radius 1 is 1.00 bits per heavy atom. The van der Waals surface area contributed by atoms with Crippen LogP contribution in [0.25, 0.3) is 10.8 Å². The Hall–Kier alpha value is -3.95. The monoisotopic (exact) mass is 533 g/mol. The van der Waals surface area contributed by atoms with Crippen LogP contribution < -0.4 is 20.5 Å². The molecule has 9 nitrogen and oxygen atoms in total. The van der Waals surface area contributed by atoms with Gasteiger partial charge in [-0.25, -0.2) is 0 Å². The van der Waals surface area contributed by atoms with Crippen LogP contribution in [-0.2, 0) is 14.9 Å². The van der Waals surface area contributed by atoms with E-state index in [1.807, 2.05) is 39.0 Å². The second-order valence-electron chi connectivity index (χ2n) is 10.5. The number of nitrogens with zero attached hydrogens (tertiary/aromatic N) is 1. The second-order valence-corrected chi connectivity index (χ2v) is 10.5. The van der Waals surface area contributed by atoms with Crippen molar-refractivity contribution in [2.24, 2.45) is 5.73 Å². The molecule has 3 aromatic rings. The Balaban J connectivity index is 1.59. The van der Waals surface area contributed by atoms with Crippen LogP contribution in [0.5, 0.6) is 11.5 Å². The number of amides is 2. The molecule has 0 radical (unpaired) electrons. The second kappa shape index (κ2) is 11.8. The quantitative estimate of drug-likeness (QED) is 0.317. The topological polar surface area (TPSA) is 120 Å². The minimum Gasteiger partial charge on any atom is -0.494 e. The number of hydrogen-bond donors (Lipinski definition) is 2. The molecule has 1 heterocycles. The number of Topliss-reactive ketones (excluding diaryl/α,β-unsaturated/α-hetero) is 1. The van der Waals surface area contributed by atoms with Crippen molar-refractivity contribution in [2.75, 3.05) is 51.9 Å².